The standard InChI is InChI=1S/C17H28N4O.HI/c1-3-18-17(19-10-15-22-4-2)21-13-11-20(12-14-21)16-8-6-5-7-9-16;/h5-9H,3-4,10-15H2,1-2H3,(H,18,19);1H. The predicted molar refractivity (Wildman–Crippen MR) is 108 cm³/mol. The first-order valence-corrected chi connectivity index (χ1v) is 8.26. The number of guanidine groups is 1. The highest BCUT2D eigenvalue weighted by Gasteiger charge is 2.19. The molecule has 5 nitrogen and oxygen atoms in total. The van der Waals surface area contributed by atoms with E-state index < -0.39 is 0 Å². The van der Waals surface area contributed by atoms with Crippen LogP contribution >= 0.6 is 24.0 Å². The van der Waals surface area contributed by atoms with Gasteiger partial charge in [0.05, 0.1) is 13.2 Å². The number of hydrogen-bond donors (Lipinski definition) is 1. The van der Waals surface area contributed by atoms with Crippen molar-refractivity contribution in [3.05, 3.63) is 30.3 Å². The summed E-state index contributed by atoms with van der Waals surface area (Å²) in [6, 6.07) is 10.6. The topological polar surface area (TPSA) is 40.1 Å². The van der Waals surface area contributed by atoms with Crippen LogP contribution in [-0.4, -0.2) is 63.3 Å². The third-order valence-corrected chi connectivity index (χ3v) is 3.74. The number of piperazine rings is 1. The van der Waals surface area contributed by atoms with Crippen LogP contribution in [0.2, 0.25) is 0 Å². The Morgan fingerprint density at radius 1 is 1.13 bits per heavy atom. The van der Waals surface area contributed by atoms with Crippen LogP contribution in [0, 0.1) is 0 Å². The zero-order chi connectivity index (χ0) is 15.6. The van der Waals surface area contributed by atoms with Gasteiger partial charge in [-0.15, -0.1) is 24.0 Å². The Morgan fingerprint density at radius 3 is 2.43 bits per heavy atom. The molecule has 0 radical (unpaired) electrons. The molecule has 1 fully saturated rings. The zero-order valence-electron chi connectivity index (χ0n) is 14.2. The largest absolute Gasteiger partial charge is 0.380 e. The first-order chi connectivity index (χ1) is 10.8. The average molecular weight is 432 g/mol. The highest BCUT2D eigenvalue weighted by Crippen LogP contribution is 2.15. The van der Waals surface area contributed by atoms with E-state index in [2.05, 4.69) is 57.4 Å². The fourth-order valence-corrected chi connectivity index (χ4v) is 2.60. The van der Waals surface area contributed by atoms with E-state index in [1.807, 2.05) is 6.92 Å². The van der Waals surface area contributed by atoms with E-state index >= 15 is 0 Å². The van der Waals surface area contributed by atoms with E-state index in [9.17, 15) is 0 Å². The molecule has 0 amide bonds. The first kappa shape index (κ1) is 20.0. The van der Waals surface area contributed by atoms with E-state index in [-0.39, 0.29) is 24.0 Å². The van der Waals surface area contributed by atoms with Gasteiger partial charge in [0.2, 0.25) is 0 Å². The molecule has 1 heterocycles. The van der Waals surface area contributed by atoms with E-state index in [1.165, 1.54) is 5.69 Å². The summed E-state index contributed by atoms with van der Waals surface area (Å²) in [6.07, 6.45) is 0. The summed E-state index contributed by atoms with van der Waals surface area (Å²) in [4.78, 5) is 9.43. The molecule has 0 atom stereocenters. The molecular weight excluding hydrogens is 403 g/mol. The summed E-state index contributed by atoms with van der Waals surface area (Å²) in [5.41, 5.74) is 1.31. The van der Waals surface area contributed by atoms with E-state index in [1.54, 1.807) is 0 Å². The van der Waals surface area contributed by atoms with Crippen molar-refractivity contribution in [3.63, 3.8) is 0 Å². The molecule has 23 heavy (non-hydrogen) atoms. The van der Waals surface area contributed by atoms with Crippen molar-refractivity contribution in [3.8, 4) is 0 Å². The Labute approximate surface area is 157 Å². The molecule has 1 aliphatic rings. The first-order valence-electron chi connectivity index (χ1n) is 8.26. The molecule has 0 spiro atoms. The smallest absolute Gasteiger partial charge is 0.194 e. The van der Waals surface area contributed by atoms with E-state index in [4.69, 9.17) is 4.74 Å². The van der Waals surface area contributed by atoms with Crippen LogP contribution in [0.15, 0.2) is 35.3 Å². The van der Waals surface area contributed by atoms with Gasteiger partial charge in [-0.3, -0.25) is 4.99 Å². The molecule has 1 N–H and O–H groups in total. The molecule has 0 aromatic heterocycles. The zero-order valence-corrected chi connectivity index (χ0v) is 16.5. The Morgan fingerprint density at radius 2 is 1.83 bits per heavy atom. The van der Waals surface area contributed by atoms with Crippen LogP contribution in [0.4, 0.5) is 5.69 Å². The average Bonchev–Trinajstić information content (AvgIpc) is 2.59. The minimum atomic E-state index is 0. The number of halogens is 1. The third-order valence-electron chi connectivity index (χ3n) is 3.74. The van der Waals surface area contributed by atoms with Gasteiger partial charge in [0.25, 0.3) is 0 Å². The van der Waals surface area contributed by atoms with Gasteiger partial charge in [-0.05, 0) is 26.0 Å². The van der Waals surface area contributed by atoms with Gasteiger partial charge in [-0.1, -0.05) is 18.2 Å². The lowest BCUT2D eigenvalue weighted by atomic mass is 10.2. The summed E-state index contributed by atoms with van der Waals surface area (Å²) >= 11 is 0. The maximum Gasteiger partial charge on any atom is 0.194 e. The van der Waals surface area contributed by atoms with Gasteiger partial charge in [0.15, 0.2) is 5.96 Å². The molecule has 0 aliphatic carbocycles. The number of para-hydroxylation sites is 1. The molecule has 1 aromatic carbocycles. The van der Waals surface area contributed by atoms with Crippen LogP contribution in [0.3, 0.4) is 0 Å². The summed E-state index contributed by atoms with van der Waals surface area (Å²) in [6.45, 7) is 11.2. The summed E-state index contributed by atoms with van der Waals surface area (Å²) in [5, 5.41) is 3.39. The van der Waals surface area contributed by atoms with Crippen molar-refractivity contribution in [1.29, 1.82) is 0 Å². The lowest BCUT2D eigenvalue weighted by Gasteiger charge is -2.37. The molecule has 0 bridgehead atoms. The van der Waals surface area contributed by atoms with E-state index in [0.29, 0.717) is 6.61 Å². The number of nitrogens with zero attached hydrogens (tertiary/aromatic N) is 3. The molecular formula is C17H29IN4O. The maximum absolute atomic E-state index is 5.36. The van der Waals surface area contributed by atoms with Gasteiger partial charge in [0.1, 0.15) is 0 Å². The van der Waals surface area contributed by atoms with Crippen LogP contribution < -0.4 is 10.2 Å². The van der Waals surface area contributed by atoms with Crippen molar-refractivity contribution >= 4 is 35.6 Å². The van der Waals surface area contributed by atoms with Crippen LogP contribution in [0.25, 0.3) is 0 Å². The van der Waals surface area contributed by atoms with Crippen LogP contribution in [0.5, 0.6) is 0 Å². The van der Waals surface area contributed by atoms with Crippen molar-refractivity contribution in [1.82, 2.24) is 10.2 Å². The van der Waals surface area contributed by atoms with Gasteiger partial charge >= 0.3 is 0 Å². The second-order valence-corrected chi connectivity index (χ2v) is 5.24. The second kappa shape index (κ2) is 11.5. The summed E-state index contributed by atoms with van der Waals surface area (Å²) in [5.74, 6) is 1.01. The van der Waals surface area contributed by atoms with Crippen LogP contribution in [0.1, 0.15) is 13.8 Å². The van der Waals surface area contributed by atoms with Crippen molar-refractivity contribution < 1.29 is 4.74 Å². The highest BCUT2D eigenvalue weighted by atomic mass is 127. The lowest BCUT2D eigenvalue weighted by molar-refractivity contribution is 0.155. The van der Waals surface area contributed by atoms with Gasteiger partial charge in [0, 0.05) is 45.0 Å². The van der Waals surface area contributed by atoms with Crippen LogP contribution in [-0.2, 0) is 4.74 Å². The normalized spacial score (nSPS) is 15.3. The second-order valence-electron chi connectivity index (χ2n) is 5.24. The number of rotatable bonds is 6. The van der Waals surface area contributed by atoms with Gasteiger partial charge < -0.3 is 19.9 Å². The quantitative estimate of drug-likeness (QED) is 0.325. The predicted octanol–water partition coefficient (Wildman–Crippen LogP) is 2.43. The molecule has 0 saturated carbocycles. The fraction of sp³-hybridized carbons (Fsp3) is 0.588. The minimum absolute atomic E-state index is 0. The van der Waals surface area contributed by atoms with Crippen molar-refractivity contribution in [2.24, 2.45) is 4.99 Å². The molecule has 6 heteroatoms. The highest BCUT2D eigenvalue weighted by molar-refractivity contribution is 14.0. The number of anilines is 1. The van der Waals surface area contributed by atoms with Gasteiger partial charge in [-0.25, -0.2) is 0 Å². The SMILES string of the molecule is CCNC(=NCCOCC)N1CCN(c2ccccc2)CC1.I. The van der Waals surface area contributed by atoms with Crippen molar-refractivity contribution in [2.45, 2.75) is 13.8 Å². The summed E-state index contributed by atoms with van der Waals surface area (Å²) in [7, 11) is 0. The molecule has 130 valence electrons. The summed E-state index contributed by atoms with van der Waals surface area (Å²) < 4.78 is 5.36. The van der Waals surface area contributed by atoms with E-state index in [0.717, 1.165) is 51.8 Å². The third kappa shape index (κ3) is 6.55. The molecule has 1 saturated heterocycles. The minimum Gasteiger partial charge on any atom is -0.380 e. The van der Waals surface area contributed by atoms with Crippen molar-refractivity contribution in [2.75, 3.05) is 57.4 Å². The molecule has 1 aromatic rings. The number of ether oxygens (including phenoxy) is 1. The molecule has 1 aliphatic heterocycles. The number of nitrogens with one attached hydrogen (secondary N) is 1. The fourth-order valence-electron chi connectivity index (χ4n) is 2.60. The number of hydrogen-bond acceptors (Lipinski definition) is 3. The Bertz CT molecular complexity index is 447. The monoisotopic (exact) mass is 432 g/mol. The number of benzene rings is 1. The Hall–Kier alpha value is -1.02. The molecule has 2 rings (SSSR count). The maximum atomic E-state index is 5.36. The number of aliphatic imine (C=N–C) groups is 1. The Balaban J connectivity index is 0.00000264. The molecule has 0 unspecified atom stereocenters. The lowest BCUT2D eigenvalue weighted by Crippen LogP contribution is -2.52. The van der Waals surface area contributed by atoms with Gasteiger partial charge in [-0.2, -0.15) is 0 Å². The Kier molecular flexibility index (Phi) is 10.0.